The molecule has 1 rings (SSSR count). The van der Waals surface area contributed by atoms with Gasteiger partial charge in [-0.05, 0) is 6.92 Å². The Hall–Kier alpha value is 0.140. The fourth-order valence-electron chi connectivity index (χ4n) is 0.911. The van der Waals surface area contributed by atoms with E-state index >= 15 is 0 Å². The van der Waals surface area contributed by atoms with E-state index in [9.17, 15) is 4.79 Å². The van der Waals surface area contributed by atoms with Crippen LogP contribution in [-0.2, 0) is 9.47 Å². The lowest BCUT2D eigenvalue weighted by atomic mass is 10.2. The second-order valence-electron chi connectivity index (χ2n) is 2.55. The molecule has 1 fully saturated rings. The van der Waals surface area contributed by atoms with Crippen molar-refractivity contribution in [2.24, 2.45) is 0 Å². The van der Waals surface area contributed by atoms with Gasteiger partial charge < -0.3 is 9.47 Å². The van der Waals surface area contributed by atoms with E-state index < -0.39 is 16.1 Å². The fraction of sp³-hybridized carbons (Fsp3) is 0.833. The van der Waals surface area contributed by atoms with Gasteiger partial charge in [-0.15, -0.1) is 0 Å². The molecule has 0 amide bonds. The molecule has 0 N–H and O–H groups in total. The average molecular weight is 233 g/mol. The lowest BCUT2D eigenvalue weighted by Crippen LogP contribution is -2.24. The molecule has 1 heterocycles. The molecule has 3 nitrogen and oxygen atoms in total. The van der Waals surface area contributed by atoms with Crippen LogP contribution in [0.5, 0.6) is 0 Å². The van der Waals surface area contributed by atoms with E-state index in [1.165, 1.54) is 0 Å². The van der Waals surface area contributed by atoms with Gasteiger partial charge in [0.25, 0.3) is 0 Å². The third-order valence-corrected chi connectivity index (χ3v) is 1.95. The van der Waals surface area contributed by atoms with Gasteiger partial charge in [-0.1, -0.05) is 34.8 Å². The second-order valence-corrected chi connectivity index (χ2v) is 5.06. The molecule has 12 heavy (non-hydrogen) atoms. The Morgan fingerprint density at radius 2 is 2.00 bits per heavy atom. The van der Waals surface area contributed by atoms with Crippen LogP contribution in [0.15, 0.2) is 0 Å². The quantitative estimate of drug-likeness (QED) is 0.516. The molecule has 0 bridgehead atoms. The van der Waals surface area contributed by atoms with E-state index in [2.05, 4.69) is 4.74 Å². The number of ether oxygens (including phenoxy) is 2. The summed E-state index contributed by atoms with van der Waals surface area (Å²) >= 11 is 16.5. The molecule has 0 spiro atoms. The molecule has 0 unspecified atom stereocenters. The molecular formula is C6H7Cl3O3. The minimum atomic E-state index is -1.41. The molecule has 1 aliphatic heterocycles. The predicted octanol–water partition coefficient (Wildman–Crippen LogP) is 2.67. The maximum Gasteiger partial charge on any atom is 0.509 e. The standard InChI is InChI=1S/C6H7Cl3O3/c1-3-4(2-6(7,8)9)12-5(10)11-3/h3-4H,2H2,1H3/t3-,4+/m1/s1. The highest BCUT2D eigenvalue weighted by Gasteiger charge is 2.38. The van der Waals surface area contributed by atoms with Crippen molar-refractivity contribution in [2.45, 2.75) is 29.3 Å². The molecule has 0 aromatic rings. The smallest absolute Gasteiger partial charge is 0.427 e. The summed E-state index contributed by atoms with van der Waals surface area (Å²) in [5.41, 5.74) is 0. The predicted molar refractivity (Wildman–Crippen MR) is 45.7 cm³/mol. The highest BCUT2D eigenvalue weighted by molar-refractivity contribution is 6.67. The first-order valence-electron chi connectivity index (χ1n) is 3.32. The number of hydrogen-bond acceptors (Lipinski definition) is 3. The minimum Gasteiger partial charge on any atom is -0.427 e. The van der Waals surface area contributed by atoms with E-state index in [0.717, 1.165) is 0 Å². The van der Waals surface area contributed by atoms with Gasteiger partial charge >= 0.3 is 6.16 Å². The van der Waals surface area contributed by atoms with Crippen molar-refractivity contribution in [2.75, 3.05) is 0 Å². The van der Waals surface area contributed by atoms with Gasteiger partial charge in [-0.2, -0.15) is 0 Å². The Morgan fingerprint density at radius 3 is 2.33 bits per heavy atom. The van der Waals surface area contributed by atoms with Crippen LogP contribution in [0.3, 0.4) is 0 Å². The average Bonchev–Trinajstić information content (AvgIpc) is 2.06. The number of alkyl halides is 3. The Balaban J connectivity index is 2.48. The molecule has 6 heteroatoms. The summed E-state index contributed by atoms with van der Waals surface area (Å²) in [6.07, 6.45) is -1.38. The minimum absolute atomic E-state index is 0.143. The van der Waals surface area contributed by atoms with Crippen LogP contribution in [0.25, 0.3) is 0 Å². The Labute approximate surface area is 84.9 Å². The van der Waals surface area contributed by atoms with Gasteiger partial charge in [0.05, 0.1) is 0 Å². The van der Waals surface area contributed by atoms with Crippen LogP contribution in [-0.4, -0.2) is 22.2 Å². The highest BCUT2D eigenvalue weighted by atomic mass is 35.6. The summed E-state index contributed by atoms with van der Waals surface area (Å²) in [5.74, 6) is 0. The topological polar surface area (TPSA) is 35.5 Å². The van der Waals surface area contributed by atoms with Crippen LogP contribution < -0.4 is 0 Å². The van der Waals surface area contributed by atoms with E-state index in [4.69, 9.17) is 39.5 Å². The SMILES string of the molecule is C[C@H]1OC(=O)O[C@H]1CC(Cl)(Cl)Cl. The Morgan fingerprint density at radius 1 is 1.42 bits per heavy atom. The lowest BCUT2D eigenvalue weighted by Gasteiger charge is -2.16. The molecular weight excluding hydrogens is 226 g/mol. The van der Waals surface area contributed by atoms with Crippen molar-refractivity contribution >= 4 is 41.0 Å². The van der Waals surface area contributed by atoms with Gasteiger partial charge in [0, 0.05) is 6.42 Å². The number of rotatable bonds is 1. The van der Waals surface area contributed by atoms with Gasteiger partial charge in [0.1, 0.15) is 12.2 Å². The molecule has 0 aliphatic carbocycles. The van der Waals surface area contributed by atoms with Crippen LogP contribution >= 0.6 is 34.8 Å². The third kappa shape index (κ3) is 2.88. The monoisotopic (exact) mass is 232 g/mol. The van der Waals surface area contributed by atoms with Gasteiger partial charge in [0.2, 0.25) is 0 Å². The number of carbonyl (C=O) groups excluding carboxylic acids is 1. The van der Waals surface area contributed by atoms with Gasteiger partial charge in [-0.3, -0.25) is 0 Å². The number of cyclic esters (lactones) is 2. The summed E-state index contributed by atoms with van der Waals surface area (Å²) in [6.45, 7) is 1.69. The molecule has 70 valence electrons. The van der Waals surface area contributed by atoms with E-state index in [-0.39, 0.29) is 12.5 Å². The largest absolute Gasteiger partial charge is 0.509 e. The lowest BCUT2D eigenvalue weighted by molar-refractivity contribution is 0.115. The summed E-state index contributed by atoms with van der Waals surface area (Å²) < 4.78 is 8.01. The number of carbonyl (C=O) groups is 1. The highest BCUT2D eigenvalue weighted by Crippen LogP contribution is 2.35. The van der Waals surface area contributed by atoms with Crippen molar-refractivity contribution in [1.82, 2.24) is 0 Å². The zero-order chi connectivity index (χ0) is 9.35. The van der Waals surface area contributed by atoms with Crippen molar-refractivity contribution in [3.05, 3.63) is 0 Å². The van der Waals surface area contributed by atoms with Crippen LogP contribution in [0.4, 0.5) is 4.79 Å². The molecule has 0 saturated carbocycles. The molecule has 0 radical (unpaired) electrons. The molecule has 1 saturated heterocycles. The van der Waals surface area contributed by atoms with E-state index in [1.807, 2.05) is 0 Å². The van der Waals surface area contributed by atoms with Crippen molar-refractivity contribution < 1.29 is 14.3 Å². The Bertz CT molecular complexity index is 189. The Kier molecular flexibility index (Phi) is 2.97. The van der Waals surface area contributed by atoms with E-state index in [0.29, 0.717) is 0 Å². The number of halogens is 3. The normalized spacial score (nSPS) is 29.8. The summed E-state index contributed by atoms with van der Waals surface area (Å²) in [4.78, 5) is 10.6. The molecule has 1 aliphatic rings. The zero-order valence-electron chi connectivity index (χ0n) is 6.22. The first-order valence-corrected chi connectivity index (χ1v) is 4.46. The van der Waals surface area contributed by atoms with Crippen LogP contribution in [0.2, 0.25) is 0 Å². The van der Waals surface area contributed by atoms with Crippen molar-refractivity contribution in [3.63, 3.8) is 0 Å². The molecule has 0 aromatic heterocycles. The van der Waals surface area contributed by atoms with Gasteiger partial charge in [-0.25, -0.2) is 4.79 Å². The number of hydrogen-bond donors (Lipinski definition) is 0. The van der Waals surface area contributed by atoms with Gasteiger partial charge in [0.15, 0.2) is 3.79 Å². The van der Waals surface area contributed by atoms with Crippen LogP contribution in [0, 0.1) is 0 Å². The fourth-order valence-corrected chi connectivity index (χ4v) is 1.37. The summed E-state index contributed by atoms with van der Waals surface area (Å²) in [7, 11) is 0. The first kappa shape index (κ1) is 10.2. The maximum atomic E-state index is 10.6. The molecule has 0 aromatic carbocycles. The van der Waals surface area contributed by atoms with Crippen molar-refractivity contribution in [3.8, 4) is 0 Å². The second kappa shape index (κ2) is 3.48. The zero-order valence-corrected chi connectivity index (χ0v) is 8.49. The molecule has 2 atom stereocenters. The maximum absolute atomic E-state index is 10.6. The summed E-state index contributed by atoms with van der Waals surface area (Å²) in [5, 5.41) is 0. The van der Waals surface area contributed by atoms with Crippen molar-refractivity contribution in [1.29, 1.82) is 0 Å². The third-order valence-electron chi connectivity index (χ3n) is 1.49. The summed E-state index contributed by atoms with van der Waals surface area (Å²) in [6, 6.07) is 0. The van der Waals surface area contributed by atoms with Crippen LogP contribution in [0.1, 0.15) is 13.3 Å². The van der Waals surface area contributed by atoms with E-state index in [1.54, 1.807) is 6.92 Å². The first-order chi connectivity index (χ1) is 5.38.